The van der Waals surface area contributed by atoms with Crippen LogP contribution < -0.4 is 4.90 Å². The van der Waals surface area contributed by atoms with Crippen LogP contribution in [0.5, 0.6) is 0 Å². The zero-order valence-electron chi connectivity index (χ0n) is 15.1. The molecule has 4 rings (SSSR count). The highest BCUT2D eigenvalue weighted by Crippen LogP contribution is 2.54. The molecule has 0 aromatic heterocycles. The van der Waals surface area contributed by atoms with Crippen LogP contribution in [0.4, 0.5) is 5.69 Å². The number of aliphatic hydroxyl groups excluding tert-OH is 1. The molecule has 1 spiro atoms. The Hall–Kier alpha value is -1.59. The van der Waals surface area contributed by atoms with Gasteiger partial charge >= 0.3 is 0 Å². The molecule has 5 heteroatoms. The van der Waals surface area contributed by atoms with Gasteiger partial charge in [-0.2, -0.15) is 0 Å². The molecule has 136 valence electrons. The van der Waals surface area contributed by atoms with Crippen molar-refractivity contribution < 1.29 is 14.6 Å². The van der Waals surface area contributed by atoms with Gasteiger partial charge in [-0.05, 0) is 37.0 Å². The van der Waals surface area contributed by atoms with Crippen molar-refractivity contribution in [2.45, 2.75) is 37.4 Å². The normalized spacial score (nSPS) is 32.9. The number of nitrogens with zero attached hydrogens (tertiary/aromatic N) is 2. The number of aliphatic hydroxyl groups is 1. The zero-order chi connectivity index (χ0) is 17.6. The summed E-state index contributed by atoms with van der Waals surface area (Å²) in [5.41, 5.74) is 2.20. The first-order valence-corrected chi connectivity index (χ1v) is 9.35. The molecule has 0 aliphatic carbocycles. The van der Waals surface area contributed by atoms with Gasteiger partial charge in [0.25, 0.3) is 0 Å². The summed E-state index contributed by atoms with van der Waals surface area (Å²) in [6.45, 7) is 1.64. The fourth-order valence-electron chi connectivity index (χ4n) is 4.99. The summed E-state index contributed by atoms with van der Waals surface area (Å²) in [7, 11) is 4.05. The fourth-order valence-corrected chi connectivity index (χ4v) is 4.99. The maximum absolute atomic E-state index is 12.7. The van der Waals surface area contributed by atoms with Gasteiger partial charge < -0.3 is 19.6 Å². The van der Waals surface area contributed by atoms with E-state index >= 15 is 0 Å². The first kappa shape index (κ1) is 16.9. The van der Waals surface area contributed by atoms with Gasteiger partial charge in [-0.15, -0.1) is 0 Å². The van der Waals surface area contributed by atoms with Gasteiger partial charge in [0.2, 0.25) is 5.91 Å². The molecule has 4 atom stereocenters. The summed E-state index contributed by atoms with van der Waals surface area (Å²) >= 11 is 0. The number of likely N-dealkylation sites (tertiary alicyclic amines) is 1. The van der Waals surface area contributed by atoms with Crippen LogP contribution in [0.1, 0.15) is 24.8 Å². The maximum Gasteiger partial charge on any atom is 0.223 e. The molecule has 5 nitrogen and oxygen atoms in total. The number of amides is 1. The van der Waals surface area contributed by atoms with Crippen molar-refractivity contribution in [2.75, 3.05) is 38.7 Å². The van der Waals surface area contributed by atoms with Crippen molar-refractivity contribution in [1.82, 2.24) is 4.90 Å². The summed E-state index contributed by atoms with van der Waals surface area (Å²) in [4.78, 5) is 16.7. The molecular formula is C20H28N2O3. The van der Waals surface area contributed by atoms with E-state index in [1.807, 2.05) is 19.0 Å². The Bertz CT molecular complexity index is 645. The monoisotopic (exact) mass is 344 g/mol. The quantitative estimate of drug-likeness (QED) is 0.883. The van der Waals surface area contributed by atoms with E-state index in [4.69, 9.17) is 4.74 Å². The molecular weight excluding hydrogens is 316 g/mol. The van der Waals surface area contributed by atoms with E-state index in [2.05, 4.69) is 29.2 Å². The highest BCUT2D eigenvalue weighted by atomic mass is 16.5. The lowest BCUT2D eigenvalue weighted by molar-refractivity contribution is -0.131. The summed E-state index contributed by atoms with van der Waals surface area (Å²) < 4.78 is 6.21. The molecule has 0 unspecified atom stereocenters. The molecule has 25 heavy (non-hydrogen) atoms. The number of fused-ring (bicyclic) bond motifs is 1. The Kier molecular flexibility index (Phi) is 4.24. The number of aryl methyl sites for hydroxylation is 1. The molecule has 0 radical (unpaired) electrons. The number of carbonyl (C=O) groups excluding carboxylic acids is 1. The molecule has 1 N–H and O–H groups in total. The second-order valence-electron chi connectivity index (χ2n) is 8.05. The number of ether oxygens (including phenoxy) is 1. The Morgan fingerprint density at radius 3 is 2.80 bits per heavy atom. The molecule has 3 saturated heterocycles. The summed E-state index contributed by atoms with van der Waals surface area (Å²) in [5, 5.41) is 9.68. The van der Waals surface area contributed by atoms with Crippen molar-refractivity contribution in [2.24, 2.45) is 11.8 Å². The van der Waals surface area contributed by atoms with E-state index < -0.39 is 0 Å². The van der Waals surface area contributed by atoms with E-state index in [9.17, 15) is 9.90 Å². The minimum Gasteiger partial charge on any atom is -0.396 e. The number of hydrogen-bond donors (Lipinski definition) is 1. The second-order valence-corrected chi connectivity index (χ2v) is 8.05. The highest BCUT2D eigenvalue weighted by molar-refractivity contribution is 5.77. The van der Waals surface area contributed by atoms with Gasteiger partial charge in [-0.3, -0.25) is 4.79 Å². The Balaban J connectivity index is 1.35. The Labute approximate surface area is 149 Å². The van der Waals surface area contributed by atoms with Crippen LogP contribution in [0, 0.1) is 11.8 Å². The molecule has 2 bridgehead atoms. The van der Waals surface area contributed by atoms with Crippen LogP contribution in [-0.4, -0.2) is 61.4 Å². The molecule has 3 aliphatic heterocycles. The lowest BCUT2D eigenvalue weighted by Gasteiger charge is -2.27. The zero-order valence-corrected chi connectivity index (χ0v) is 15.1. The van der Waals surface area contributed by atoms with Crippen molar-refractivity contribution in [3.63, 3.8) is 0 Å². The minimum atomic E-state index is -0.166. The summed E-state index contributed by atoms with van der Waals surface area (Å²) in [5.74, 6) is 0.744. The predicted molar refractivity (Wildman–Crippen MR) is 96.6 cm³/mol. The fraction of sp³-hybridized carbons (Fsp3) is 0.650. The highest BCUT2D eigenvalue weighted by Gasteiger charge is 2.63. The number of benzene rings is 1. The van der Waals surface area contributed by atoms with Gasteiger partial charge in [0, 0.05) is 51.2 Å². The van der Waals surface area contributed by atoms with E-state index in [-0.39, 0.29) is 30.1 Å². The van der Waals surface area contributed by atoms with Gasteiger partial charge in [0.1, 0.15) is 0 Å². The van der Waals surface area contributed by atoms with Gasteiger partial charge in [-0.1, -0.05) is 12.1 Å². The Morgan fingerprint density at radius 2 is 2.12 bits per heavy atom. The van der Waals surface area contributed by atoms with Crippen molar-refractivity contribution in [1.29, 1.82) is 0 Å². The van der Waals surface area contributed by atoms with Crippen molar-refractivity contribution in [3.8, 4) is 0 Å². The molecule has 1 aromatic carbocycles. The number of rotatable bonds is 5. The van der Waals surface area contributed by atoms with E-state index in [0.717, 1.165) is 25.8 Å². The average molecular weight is 344 g/mol. The predicted octanol–water partition coefficient (Wildman–Crippen LogP) is 1.68. The smallest absolute Gasteiger partial charge is 0.223 e. The third-order valence-corrected chi connectivity index (χ3v) is 6.43. The van der Waals surface area contributed by atoms with Crippen molar-refractivity contribution >= 4 is 11.6 Å². The molecule has 3 aliphatic rings. The van der Waals surface area contributed by atoms with Crippen LogP contribution in [0.25, 0.3) is 0 Å². The molecule has 3 fully saturated rings. The van der Waals surface area contributed by atoms with Crippen LogP contribution in [-0.2, 0) is 16.0 Å². The van der Waals surface area contributed by atoms with E-state index in [0.29, 0.717) is 18.9 Å². The standard InChI is InChI=1S/C20H28N2O3/c1-21(2)15-6-3-14(4-7-15)5-8-19(24)22-11-17-16(12-23)18-9-10-20(17,13-22)25-18/h3-4,6-7,16-18,23H,5,8-13H2,1-2H3/t16-,17+,18+,20+/m1/s1. The largest absolute Gasteiger partial charge is 0.396 e. The Morgan fingerprint density at radius 1 is 1.36 bits per heavy atom. The first-order chi connectivity index (χ1) is 12.0. The van der Waals surface area contributed by atoms with Gasteiger partial charge in [-0.25, -0.2) is 0 Å². The lowest BCUT2D eigenvalue weighted by Crippen LogP contribution is -2.38. The van der Waals surface area contributed by atoms with Crippen LogP contribution in [0.2, 0.25) is 0 Å². The molecule has 0 saturated carbocycles. The van der Waals surface area contributed by atoms with Crippen LogP contribution in [0.3, 0.4) is 0 Å². The minimum absolute atomic E-state index is 0.166. The molecule has 1 aromatic rings. The SMILES string of the molecule is CN(C)c1ccc(CCC(=O)N2C[C@H]3[C@@H](CO)[C@@H]4CC[C@@]3(C2)O4)cc1. The van der Waals surface area contributed by atoms with Crippen LogP contribution >= 0.6 is 0 Å². The van der Waals surface area contributed by atoms with Crippen LogP contribution in [0.15, 0.2) is 24.3 Å². The van der Waals surface area contributed by atoms with Gasteiger partial charge in [0.05, 0.1) is 18.2 Å². The second kappa shape index (κ2) is 6.29. The lowest BCUT2D eigenvalue weighted by atomic mass is 9.74. The topological polar surface area (TPSA) is 53.0 Å². The van der Waals surface area contributed by atoms with E-state index in [1.165, 1.54) is 11.3 Å². The van der Waals surface area contributed by atoms with Crippen molar-refractivity contribution in [3.05, 3.63) is 29.8 Å². The molecule has 1 amide bonds. The third kappa shape index (κ3) is 2.83. The first-order valence-electron chi connectivity index (χ1n) is 9.35. The van der Waals surface area contributed by atoms with Gasteiger partial charge in [0.15, 0.2) is 0 Å². The average Bonchev–Trinajstić information content (AvgIpc) is 3.27. The third-order valence-electron chi connectivity index (χ3n) is 6.43. The number of anilines is 1. The van der Waals surface area contributed by atoms with E-state index in [1.54, 1.807) is 0 Å². The summed E-state index contributed by atoms with van der Waals surface area (Å²) in [6.07, 6.45) is 3.59. The number of carbonyl (C=O) groups is 1. The summed E-state index contributed by atoms with van der Waals surface area (Å²) in [6, 6.07) is 8.40. The number of hydrogen-bond acceptors (Lipinski definition) is 4. The maximum atomic E-state index is 12.7. The molecule has 3 heterocycles.